The van der Waals surface area contributed by atoms with Crippen LogP contribution in [-0.2, 0) is 0 Å². The molecule has 0 amide bonds. The van der Waals surface area contributed by atoms with E-state index in [0.717, 1.165) is 49.9 Å². The van der Waals surface area contributed by atoms with Gasteiger partial charge in [-0.05, 0) is 101 Å². The third-order valence-electron chi connectivity index (χ3n) is 4.58. The monoisotopic (exact) mass is 622 g/mol. The molecular formula is C38H95N5. The van der Waals surface area contributed by atoms with Crippen molar-refractivity contribution in [3.63, 3.8) is 0 Å². The van der Waals surface area contributed by atoms with Crippen LogP contribution in [0, 0.1) is 23.7 Å². The largest absolute Gasteiger partial charge is 0.317 e. The number of rotatable bonds is 0. The van der Waals surface area contributed by atoms with Crippen molar-refractivity contribution in [1.29, 1.82) is 0 Å². The van der Waals surface area contributed by atoms with Crippen molar-refractivity contribution < 1.29 is 0 Å². The van der Waals surface area contributed by atoms with Gasteiger partial charge in [0.05, 0.1) is 0 Å². The molecule has 4 aliphatic heterocycles. The van der Waals surface area contributed by atoms with Gasteiger partial charge in [0.25, 0.3) is 0 Å². The number of hydrogen-bond acceptors (Lipinski definition) is 5. The molecule has 0 saturated carbocycles. The number of piperazine rings is 1. The van der Waals surface area contributed by atoms with Crippen molar-refractivity contribution in [3.8, 4) is 0 Å². The van der Waals surface area contributed by atoms with Gasteiger partial charge in [0.1, 0.15) is 0 Å². The standard InChI is InChI=1S/3C5H11N.C4H10N2.4C4H10.3CH4/c3*1-2-4-6-5-3-1;1-2-6-4-3-5-1;4*1-4(2)3;;;/h3*6H,1-5H2;5-6H,1-4H2;4*4H,1-3H3;3*1H4. The second-order valence-corrected chi connectivity index (χ2v) is 13.9. The maximum Gasteiger partial charge on any atom is 0.00772 e. The van der Waals surface area contributed by atoms with Crippen LogP contribution in [0.1, 0.15) is 163 Å². The van der Waals surface area contributed by atoms with Crippen LogP contribution in [0.5, 0.6) is 0 Å². The first-order valence-corrected chi connectivity index (χ1v) is 17.5. The van der Waals surface area contributed by atoms with Crippen LogP contribution >= 0.6 is 0 Å². The van der Waals surface area contributed by atoms with Gasteiger partial charge in [0, 0.05) is 26.2 Å². The first-order valence-electron chi connectivity index (χ1n) is 17.5. The topological polar surface area (TPSA) is 60.1 Å². The highest BCUT2D eigenvalue weighted by atomic mass is 15.0. The van der Waals surface area contributed by atoms with E-state index >= 15 is 0 Å². The van der Waals surface area contributed by atoms with Crippen LogP contribution in [0.15, 0.2) is 0 Å². The van der Waals surface area contributed by atoms with Crippen molar-refractivity contribution in [2.45, 2.75) is 163 Å². The molecule has 4 saturated heterocycles. The summed E-state index contributed by atoms with van der Waals surface area (Å²) in [5.74, 6) is 3.33. The fourth-order valence-electron chi connectivity index (χ4n) is 3.01. The Bertz CT molecular complexity index is 241. The zero-order chi connectivity index (χ0) is 31.3. The molecule has 5 heteroatoms. The van der Waals surface area contributed by atoms with E-state index in [-0.39, 0.29) is 22.3 Å². The number of nitrogens with one attached hydrogen (secondary N) is 5. The normalized spacial score (nSPS) is 16.7. The fourth-order valence-corrected chi connectivity index (χ4v) is 3.01. The molecule has 43 heavy (non-hydrogen) atoms. The SMILES string of the molecule is C.C.C.C1CCNCC1.C1CCNCC1.C1CCNCC1.C1CNCCN1.CC(C)C.CC(C)C.CC(C)C.CC(C)C. The van der Waals surface area contributed by atoms with E-state index in [1.807, 2.05) is 0 Å². The Morgan fingerprint density at radius 2 is 0.349 bits per heavy atom. The van der Waals surface area contributed by atoms with Gasteiger partial charge in [-0.25, -0.2) is 0 Å². The van der Waals surface area contributed by atoms with Gasteiger partial charge in [-0.1, -0.05) is 125 Å². The first-order chi connectivity index (χ1) is 18.9. The molecule has 0 radical (unpaired) electrons. The smallest absolute Gasteiger partial charge is 0.00772 e. The Labute approximate surface area is 278 Å². The lowest BCUT2D eigenvalue weighted by molar-refractivity contribution is 0.520. The highest BCUT2D eigenvalue weighted by Crippen LogP contribution is 1.97. The second-order valence-electron chi connectivity index (χ2n) is 13.9. The summed E-state index contributed by atoms with van der Waals surface area (Å²) >= 11 is 0. The molecule has 0 aromatic heterocycles. The Hall–Kier alpha value is -0.200. The maximum atomic E-state index is 3.28. The molecule has 5 nitrogen and oxygen atoms in total. The Kier molecular flexibility index (Phi) is 73.7. The number of piperidine rings is 3. The van der Waals surface area contributed by atoms with E-state index < -0.39 is 0 Å². The van der Waals surface area contributed by atoms with E-state index in [1.54, 1.807) is 0 Å². The van der Waals surface area contributed by atoms with Crippen LogP contribution in [0.4, 0.5) is 0 Å². The molecule has 4 fully saturated rings. The average Bonchev–Trinajstić information content (AvgIpc) is 2.93. The third-order valence-corrected chi connectivity index (χ3v) is 4.58. The third kappa shape index (κ3) is 117. The molecule has 0 spiro atoms. The lowest BCUT2D eigenvalue weighted by atomic mass is 10.2. The summed E-state index contributed by atoms with van der Waals surface area (Å²) in [5.41, 5.74) is 0. The van der Waals surface area contributed by atoms with Gasteiger partial charge in [-0.3, -0.25) is 0 Å². The van der Waals surface area contributed by atoms with Crippen LogP contribution in [0.2, 0.25) is 0 Å². The predicted octanol–water partition coefficient (Wildman–Crippen LogP) is 10.0. The molecule has 272 valence electrons. The maximum absolute atomic E-state index is 3.28. The summed E-state index contributed by atoms with van der Waals surface area (Å²) in [6.45, 7) is 38.1. The van der Waals surface area contributed by atoms with Crippen LogP contribution in [0.25, 0.3) is 0 Å². The molecule has 0 bridgehead atoms. The van der Waals surface area contributed by atoms with Crippen molar-refractivity contribution in [2.24, 2.45) is 23.7 Å². The van der Waals surface area contributed by atoms with E-state index in [2.05, 4.69) is 110 Å². The van der Waals surface area contributed by atoms with Crippen molar-refractivity contribution in [3.05, 3.63) is 0 Å². The number of hydrogen-bond donors (Lipinski definition) is 5. The lowest BCUT2D eigenvalue weighted by Gasteiger charge is -2.11. The summed E-state index contributed by atoms with van der Waals surface area (Å²) in [4.78, 5) is 0. The zero-order valence-electron chi connectivity index (χ0n) is 30.2. The van der Waals surface area contributed by atoms with Gasteiger partial charge in [-0.15, -0.1) is 0 Å². The molecule has 0 atom stereocenters. The lowest BCUT2D eigenvalue weighted by Crippen LogP contribution is -2.39. The summed E-state index contributed by atoms with van der Waals surface area (Å²) in [6, 6.07) is 0. The predicted molar refractivity (Wildman–Crippen MR) is 208 cm³/mol. The van der Waals surface area contributed by atoms with E-state index in [0.29, 0.717) is 0 Å². The van der Waals surface area contributed by atoms with Gasteiger partial charge in [0.2, 0.25) is 0 Å². The quantitative estimate of drug-likeness (QED) is 0.186. The van der Waals surface area contributed by atoms with Crippen molar-refractivity contribution in [1.82, 2.24) is 26.6 Å². The van der Waals surface area contributed by atoms with Gasteiger partial charge >= 0.3 is 0 Å². The molecule has 0 aliphatic carbocycles. The van der Waals surface area contributed by atoms with Gasteiger partial charge < -0.3 is 26.6 Å². The molecular weight excluding hydrogens is 526 g/mol. The molecule has 4 aliphatic rings. The fraction of sp³-hybridized carbons (Fsp3) is 1.00. The second kappa shape index (κ2) is 54.3. The Balaban J connectivity index is -0.0000000689. The first kappa shape index (κ1) is 58.3. The van der Waals surface area contributed by atoms with Crippen molar-refractivity contribution in [2.75, 3.05) is 65.4 Å². The van der Waals surface area contributed by atoms with Crippen LogP contribution < -0.4 is 26.6 Å². The summed E-state index contributed by atoms with van der Waals surface area (Å²) < 4.78 is 0. The summed E-state index contributed by atoms with van der Waals surface area (Å²) in [6.07, 6.45) is 12.6. The van der Waals surface area contributed by atoms with Gasteiger partial charge in [-0.2, -0.15) is 0 Å². The highest BCUT2D eigenvalue weighted by molar-refractivity contribution is 4.59. The summed E-state index contributed by atoms with van der Waals surface area (Å²) in [5, 5.41) is 16.3. The Morgan fingerprint density at radius 3 is 0.395 bits per heavy atom. The van der Waals surface area contributed by atoms with Gasteiger partial charge in [0.15, 0.2) is 0 Å². The minimum absolute atomic E-state index is 0. The minimum Gasteiger partial charge on any atom is -0.317 e. The molecule has 0 aromatic rings. The zero-order valence-corrected chi connectivity index (χ0v) is 30.2. The molecule has 0 unspecified atom stereocenters. The summed E-state index contributed by atoms with van der Waals surface area (Å²) in [7, 11) is 0. The molecule has 4 heterocycles. The average molecular weight is 622 g/mol. The van der Waals surface area contributed by atoms with Crippen LogP contribution in [-0.4, -0.2) is 65.4 Å². The van der Waals surface area contributed by atoms with Crippen molar-refractivity contribution >= 4 is 0 Å². The Morgan fingerprint density at radius 1 is 0.233 bits per heavy atom. The molecule has 4 rings (SSSR count). The minimum atomic E-state index is 0. The molecule has 5 N–H and O–H groups in total. The highest BCUT2D eigenvalue weighted by Gasteiger charge is 1.95. The molecule has 0 aromatic carbocycles. The van der Waals surface area contributed by atoms with E-state index in [9.17, 15) is 0 Å². The van der Waals surface area contributed by atoms with Crippen LogP contribution in [0.3, 0.4) is 0 Å². The van der Waals surface area contributed by atoms with E-state index in [4.69, 9.17) is 0 Å². The van der Waals surface area contributed by atoms with E-state index in [1.165, 1.54) is 97.1 Å².